The molecule has 6 nitrogen and oxygen atoms in total. The molecular weight excluding hydrogens is 228 g/mol. The van der Waals surface area contributed by atoms with Crippen molar-refractivity contribution in [2.45, 2.75) is 24.9 Å². The molecule has 0 atom stereocenters. The van der Waals surface area contributed by atoms with Crippen LogP contribution in [0.25, 0.3) is 0 Å². The molecule has 1 rings (SSSR count). The maximum atomic E-state index is 12.3. The van der Waals surface area contributed by atoms with Crippen molar-refractivity contribution >= 4 is 10.0 Å². The Balaban J connectivity index is 3.14. The summed E-state index contributed by atoms with van der Waals surface area (Å²) in [5.41, 5.74) is 5.43. The largest absolute Gasteiger partial charge is 0.329 e. The number of aryl methyl sites for hydroxylation is 1. The van der Waals surface area contributed by atoms with Gasteiger partial charge in [-0.3, -0.25) is 4.68 Å². The molecule has 0 radical (unpaired) electrons. The van der Waals surface area contributed by atoms with Gasteiger partial charge in [0.05, 0.1) is 6.20 Å². The molecule has 1 aromatic rings. The van der Waals surface area contributed by atoms with E-state index in [0.717, 1.165) is 0 Å². The molecule has 7 heteroatoms. The van der Waals surface area contributed by atoms with Gasteiger partial charge >= 0.3 is 0 Å². The van der Waals surface area contributed by atoms with Crippen molar-refractivity contribution in [3.05, 3.63) is 12.3 Å². The van der Waals surface area contributed by atoms with Crippen LogP contribution in [-0.4, -0.2) is 41.6 Å². The fourth-order valence-electron chi connectivity index (χ4n) is 1.52. The molecule has 0 amide bonds. The monoisotopic (exact) mass is 246 g/mol. The Labute approximate surface area is 96.1 Å². The van der Waals surface area contributed by atoms with E-state index < -0.39 is 10.0 Å². The van der Waals surface area contributed by atoms with Gasteiger partial charge in [-0.1, -0.05) is 0 Å². The van der Waals surface area contributed by atoms with Gasteiger partial charge in [-0.05, 0) is 19.9 Å². The third-order valence-electron chi connectivity index (χ3n) is 2.27. The maximum absolute atomic E-state index is 12.3. The van der Waals surface area contributed by atoms with Gasteiger partial charge < -0.3 is 5.73 Å². The average Bonchev–Trinajstić information content (AvgIpc) is 2.60. The Morgan fingerprint density at radius 3 is 2.56 bits per heavy atom. The minimum absolute atomic E-state index is 0.122. The van der Waals surface area contributed by atoms with E-state index in [9.17, 15) is 8.42 Å². The van der Waals surface area contributed by atoms with E-state index in [0.29, 0.717) is 13.1 Å². The Morgan fingerprint density at radius 2 is 2.19 bits per heavy atom. The van der Waals surface area contributed by atoms with Crippen LogP contribution < -0.4 is 5.73 Å². The number of rotatable bonds is 5. The van der Waals surface area contributed by atoms with Crippen LogP contribution in [0.3, 0.4) is 0 Å². The molecule has 0 unspecified atom stereocenters. The number of hydrogen-bond acceptors (Lipinski definition) is 4. The highest BCUT2D eigenvalue weighted by Gasteiger charge is 2.28. The second kappa shape index (κ2) is 4.94. The van der Waals surface area contributed by atoms with Gasteiger partial charge in [0.1, 0.15) is 0 Å². The molecule has 0 saturated heterocycles. The summed E-state index contributed by atoms with van der Waals surface area (Å²) < 4.78 is 27.2. The number of nitrogens with zero attached hydrogens (tertiary/aromatic N) is 3. The lowest BCUT2D eigenvalue weighted by atomic mass is 10.4. The van der Waals surface area contributed by atoms with Crippen LogP contribution in [0, 0.1) is 0 Å². The lowest BCUT2D eigenvalue weighted by molar-refractivity contribution is 0.357. The van der Waals surface area contributed by atoms with Crippen molar-refractivity contribution in [3.8, 4) is 0 Å². The molecular formula is C9H18N4O2S. The van der Waals surface area contributed by atoms with Crippen LogP contribution in [0.4, 0.5) is 0 Å². The van der Waals surface area contributed by atoms with Gasteiger partial charge in [0, 0.05) is 26.2 Å². The molecule has 0 spiro atoms. The third kappa shape index (κ3) is 2.42. The Morgan fingerprint density at radius 1 is 1.56 bits per heavy atom. The highest BCUT2D eigenvalue weighted by Crippen LogP contribution is 2.16. The molecule has 0 aliphatic carbocycles. The number of nitrogens with two attached hydrogens (primary N) is 1. The third-order valence-corrected chi connectivity index (χ3v) is 4.42. The molecule has 0 fully saturated rings. The zero-order valence-electron chi connectivity index (χ0n) is 9.79. The van der Waals surface area contributed by atoms with Crippen molar-refractivity contribution in [1.82, 2.24) is 14.1 Å². The minimum Gasteiger partial charge on any atom is -0.329 e. The van der Waals surface area contributed by atoms with Gasteiger partial charge in [-0.15, -0.1) is 0 Å². The topological polar surface area (TPSA) is 81.2 Å². The van der Waals surface area contributed by atoms with Crippen LogP contribution >= 0.6 is 0 Å². The van der Waals surface area contributed by atoms with Gasteiger partial charge in [0.2, 0.25) is 0 Å². The van der Waals surface area contributed by atoms with Gasteiger partial charge in [-0.2, -0.15) is 9.40 Å². The zero-order chi connectivity index (χ0) is 12.3. The molecule has 16 heavy (non-hydrogen) atoms. The summed E-state index contributed by atoms with van der Waals surface area (Å²) in [5.74, 6) is 0. The zero-order valence-corrected chi connectivity index (χ0v) is 10.6. The van der Waals surface area contributed by atoms with Crippen LogP contribution in [-0.2, 0) is 17.1 Å². The second-order valence-corrected chi connectivity index (χ2v) is 5.63. The van der Waals surface area contributed by atoms with Crippen molar-refractivity contribution < 1.29 is 8.42 Å². The van der Waals surface area contributed by atoms with Gasteiger partial charge in [0.15, 0.2) is 5.03 Å². The first kappa shape index (κ1) is 13.1. The van der Waals surface area contributed by atoms with Crippen molar-refractivity contribution in [3.63, 3.8) is 0 Å². The molecule has 0 bridgehead atoms. The van der Waals surface area contributed by atoms with E-state index in [4.69, 9.17) is 5.73 Å². The molecule has 2 N–H and O–H groups in total. The summed E-state index contributed by atoms with van der Waals surface area (Å²) in [7, 11) is -1.89. The summed E-state index contributed by atoms with van der Waals surface area (Å²) in [6.07, 6.45) is 1.47. The molecule has 1 heterocycles. The van der Waals surface area contributed by atoms with Gasteiger partial charge in [-0.25, -0.2) is 8.42 Å². The van der Waals surface area contributed by atoms with E-state index in [1.54, 1.807) is 7.05 Å². The average molecular weight is 246 g/mol. The quantitative estimate of drug-likeness (QED) is 0.778. The van der Waals surface area contributed by atoms with Crippen LogP contribution in [0.5, 0.6) is 0 Å². The number of hydrogen-bond donors (Lipinski definition) is 1. The van der Waals surface area contributed by atoms with Crippen molar-refractivity contribution in [2.75, 3.05) is 13.1 Å². The SMILES string of the molecule is CC(C)N(CCN)S(=O)(=O)c1ccnn1C. The van der Waals surface area contributed by atoms with Crippen LogP contribution in [0.15, 0.2) is 17.3 Å². The van der Waals surface area contributed by atoms with E-state index in [-0.39, 0.29) is 11.1 Å². The minimum atomic E-state index is -3.50. The number of sulfonamides is 1. The van der Waals surface area contributed by atoms with E-state index in [1.165, 1.54) is 21.3 Å². The second-order valence-electron chi connectivity index (χ2n) is 3.79. The van der Waals surface area contributed by atoms with Crippen LogP contribution in [0.1, 0.15) is 13.8 Å². The summed E-state index contributed by atoms with van der Waals surface area (Å²) >= 11 is 0. The Bertz CT molecular complexity index is 438. The Hall–Kier alpha value is -0.920. The molecule has 0 aromatic carbocycles. The van der Waals surface area contributed by atoms with Crippen molar-refractivity contribution in [2.24, 2.45) is 12.8 Å². The van der Waals surface area contributed by atoms with Gasteiger partial charge in [0.25, 0.3) is 10.0 Å². The van der Waals surface area contributed by atoms with E-state index in [2.05, 4.69) is 5.10 Å². The predicted molar refractivity (Wildman–Crippen MR) is 61.3 cm³/mol. The first-order valence-electron chi connectivity index (χ1n) is 5.11. The molecule has 0 saturated carbocycles. The predicted octanol–water partition coefficient (Wildman–Crippen LogP) is -0.222. The maximum Gasteiger partial charge on any atom is 0.260 e. The molecule has 0 aliphatic heterocycles. The van der Waals surface area contributed by atoms with E-state index >= 15 is 0 Å². The van der Waals surface area contributed by atoms with Crippen molar-refractivity contribution in [1.29, 1.82) is 0 Å². The molecule has 0 aliphatic rings. The summed E-state index contributed by atoms with van der Waals surface area (Å²) in [6, 6.07) is 1.37. The van der Waals surface area contributed by atoms with Crippen LogP contribution in [0.2, 0.25) is 0 Å². The smallest absolute Gasteiger partial charge is 0.260 e. The standard InChI is InChI=1S/C9H18N4O2S/c1-8(2)13(7-5-10)16(14,15)9-4-6-11-12(9)3/h4,6,8H,5,7,10H2,1-3H3. The fraction of sp³-hybridized carbons (Fsp3) is 0.667. The molecule has 92 valence electrons. The first-order chi connectivity index (χ1) is 7.41. The Kier molecular flexibility index (Phi) is 4.06. The summed E-state index contributed by atoms with van der Waals surface area (Å²) in [6.45, 7) is 4.26. The summed E-state index contributed by atoms with van der Waals surface area (Å²) in [5, 5.41) is 4.05. The number of aromatic nitrogens is 2. The van der Waals surface area contributed by atoms with E-state index in [1.807, 2.05) is 13.8 Å². The normalized spacial score (nSPS) is 12.6. The first-order valence-corrected chi connectivity index (χ1v) is 6.55. The fourth-order valence-corrected chi connectivity index (χ4v) is 3.27. The summed E-state index contributed by atoms with van der Waals surface area (Å²) in [4.78, 5) is 0. The lowest BCUT2D eigenvalue weighted by Gasteiger charge is -2.24. The molecule has 1 aromatic heterocycles. The highest BCUT2D eigenvalue weighted by atomic mass is 32.2. The highest BCUT2D eigenvalue weighted by molar-refractivity contribution is 7.89. The lowest BCUT2D eigenvalue weighted by Crippen LogP contribution is -2.41.